The minimum absolute atomic E-state index is 0. The van der Waals surface area contributed by atoms with E-state index in [9.17, 15) is 55.2 Å². The summed E-state index contributed by atoms with van der Waals surface area (Å²) >= 11 is 26.6. The monoisotopic (exact) mass is 1790 g/mol. The van der Waals surface area contributed by atoms with Gasteiger partial charge < -0.3 is 63.5 Å². The summed E-state index contributed by atoms with van der Waals surface area (Å²) in [4.78, 5) is 14.7. The van der Waals surface area contributed by atoms with Crippen molar-refractivity contribution in [3.05, 3.63) is 242 Å². The average Bonchev–Trinajstić information content (AvgIpc) is 0.797. The molecule has 99 heavy (non-hydrogen) atoms. The summed E-state index contributed by atoms with van der Waals surface area (Å²) in [5.41, 5.74) is 15.7. The van der Waals surface area contributed by atoms with Crippen molar-refractivity contribution in [1.29, 1.82) is 0 Å². The first kappa shape index (κ1) is 91.2. The zero-order valence-corrected chi connectivity index (χ0v) is 65.7. The van der Waals surface area contributed by atoms with Crippen LogP contribution in [0.3, 0.4) is 0 Å². The van der Waals surface area contributed by atoms with E-state index in [1.165, 1.54) is 47.0 Å². The molecule has 4 aliphatic heterocycles. The number of benzene rings is 8. The van der Waals surface area contributed by atoms with Gasteiger partial charge in [0.1, 0.15) is 29.6 Å². The van der Waals surface area contributed by atoms with E-state index in [4.69, 9.17) is 82.2 Å². The number of ether oxygens (including phenoxy) is 4. The van der Waals surface area contributed by atoms with Crippen LogP contribution in [0.4, 0.5) is 35.1 Å². The van der Waals surface area contributed by atoms with Crippen molar-refractivity contribution in [1.82, 2.24) is 0 Å². The van der Waals surface area contributed by atoms with Gasteiger partial charge in [-0.1, -0.05) is 61.3 Å². The van der Waals surface area contributed by atoms with Crippen LogP contribution in [0.5, 0.6) is 23.0 Å². The average molecular weight is 1800 g/mol. The number of aliphatic hydroxyl groups is 3. The van der Waals surface area contributed by atoms with Crippen molar-refractivity contribution in [3.63, 3.8) is 0 Å². The van der Waals surface area contributed by atoms with E-state index >= 15 is 0 Å². The molecule has 4 aliphatic rings. The molecule has 8 aromatic rings. The number of thioether (sulfide) groups is 4. The third-order valence-electron chi connectivity index (χ3n) is 14.8. The fourth-order valence-corrected chi connectivity index (χ4v) is 15.9. The number of aldehydes is 1. The van der Waals surface area contributed by atoms with Crippen LogP contribution in [0.25, 0.3) is 0 Å². The summed E-state index contributed by atoms with van der Waals surface area (Å²) < 4.78 is 134. The van der Waals surface area contributed by atoms with Crippen LogP contribution in [0, 0.1) is 108 Å². The fourth-order valence-electron chi connectivity index (χ4n) is 10.1. The molecule has 0 amide bonds. The standard InChI is InChI=1S/2C17H15ClF2O2S.C16H13ClF2O2S.C16H11ClF2O2S.2CH4.CH3.BrH.Ce.3ClH.Mg/c2*1-9(21)12-8-22-16-14(20)7-6-13(19)15(16)17(12)23-11-4-2-10(18)3-5-11;2*17-10-1-3-11(4-2-10)22-16-9(7-20)8-21-15-13(19)6-5-12(18)14(15)16;;;;;;;;;/h2*2-7,9,12,17,21H,8H2,1H3;1-6,9,16,20H,7-8H2;1-7,9,16H,8H2;2*1H4;1H3;1H;;3*1H;/q;;;;;;-1;;+3;;;;+2/p-4/t9-,12+,17+;9-,12-,17-;2*9-,16+;;;;;;;;;/m0100........./s1. The third kappa shape index (κ3) is 24.5. The largest absolute Gasteiger partial charge is 2.00 e. The van der Waals surface area contributed by atoms with Crippen LogP contribution in [-0.2, 0) is 4.79 Å². The molecule has 0 unspecified atom stereocenters. The van der Waals surface area contributed by atoms with Gasteiger partial charge in [0.15, 0.2) is 46.3 Å². The Kier molecular flexibility index (Phi) is 40.2. The molecule has 8 aromatic carbocycles. The predicted octanol–water partition coefficient (Wildman–Crippen LogP) is 19.2. The summed E-state index contributed by atoms with van der Waals surface area (Å²) in [6.45, 7) is 3.54. The Hall–Kier alpha value is -2.00. The van der Waals surface area contributed by atoms with Crippen molar-refractivity contribution in [2.45, 2.75) is 81.5 Å². The Morgan fingerprint density at radius 2 is 0.667 bits per heavy atom. The maximum atomic E-state index is 14.3. The van der Waals surface area contributed by atoms with Gasteiger partial charge in [-0.2, -0.15) is 0 Å². The molecule has 0 aromatic heterocycles. The molecular formula is C69H65BrCeCl7F8MgO8S4. The van der Waals surface area contributed by atoms with Gasteiger partial charge in [-0.25, -0.2) is 35.1 Å². The van der Waals surface area contributed by atoms with E-state index in [0.29, 0.717) is 20.1 Å². The second kappa shape index (κ2) is 43.6. The normalized spacial score (nSPS) is 19.2. The topological polar surface area (TPSA) is 115 Å². The number of hydrogen-bond donors (Lipinski definition) is 3. The van der Waals surface area contributed by atoms with Crippen LogP contribution >= 0.6 is 110 Å². The zero-order chi connectivity index (χ0) is 68.1. The summed E-state index contributed by atoms with van der Waals surface area (Å²) in [6, 6.07) is 36.8. The Bertz CT molecular complexity index is 3740. The molecule has 0 saturated carbocycles. The van der Waals surface area contributed by atoms with Gasteiger partial charge in [-0.05, 0) is 159 Å². The Morgan fingerprint density at radius 1 is 0.434 bits per heavy atom. The van der Waals surface area contributed by atoms with Gasteiger partial charge in [0.05, 0.1) is 56.4 Å². The second-order valence-corrected chi connectivity index (χ2v) is 41.5. The van der Waals surface area contributed by atoms with Crippen molar-refractivity contribution in [3.8, 4) is 23.0 Å². The molecule has 4 heterocycles. The molecule has 0 saturated heterocycles. The fraction of sp³-hybridized carbons (Fsp3) is 0.275. The summed E-state index contributed by atoms with van der Waals surface area (Å²) in [7, 11) is 0. The molecule has 3 N–H and O–H groups in total. The number of fused-ring (bicyclic) bond motifs is 4. The Labute approximate surface area is 656 Å². The molecule has 531 valence electrons. The van der Waals surface area contributed by atoms with Crippen molar-refractivity contribution >= 4 is 140 Å². The predicted molar refractivity (Wildman–Crippen MR) is 381 cm³/mol. The van der Waals surface area contributed by atoms with E-state index < -0.39 is 116 Å². The minimum Gasteiger partial charge on any atom is 2.00 e. The quantitative estimate of drug-likeness (QED) is 0.0468. The Balaban J connectivity index is 0.000000331. The maximum Gasteiger partial charge on any atom is 2.00 e. The van der Waals surface area contributed by atoms with E-state index in [0.717, 1.165) is 74.4 Å². The second-order valence-electron chi connectivity index (χ2n) is 21.1. The van der Waals surface area contributed by atoms with Gasteiger partial charge in [-0.15, -0.1) is 47.0 Å². The first-order valence-electron chi connectivity index (χ1n) is 28.2. The number of carbonyl (C=O) groups is 1. The molecule has 0 aliphatic carbocycles. The first-order valence-corrected chi connectivity index (χ1v) is 45.1. The van der Waals surface area contributed by atoms with Crippen LogP contribution in [0.15, 0.2) is 165 Å². The maximum absolute atomic E-state index is 14.3. The molecule has 0 fully saturated rings. The minimum atomic E-state index is -2.24. The van der Waals surface area contributed by atoms with Crippen molar-refractivity contribution < 1.29 is 122 Å². The van der Waals surface area contributed by atoms with Crippen LogP contribution < -0.4 is 35.9 Å². The molecule has 12 rings (SSSR count). The number of aliphatic hydroxyl groups excluding tert-OH is 3. The van der Waals surface area contributed by atoms with E-state index in [1.807, 2.05) is 36.4 Å². The molecule has 0 radical (unpaired) electrons. The van der Waals surface area contributed by atoms with Crippen LogP contribution in [0.2, 0.25) is 20.1 Å². The van der Waals surface area contributed by atoms with Gasteiger partial charge in [0.2, 0.25) is 0 Å². The van der Waals surface area contributed by atoms with E-state index in [-0.39, 0.29) is 158 Å². The number of rotatable bonds is 12. The molecule has 10 atom stereocenters. The van der Waals surface area contributed by atoms with Crippen molar-refractivity contribution in [2.75, 3.05) is 33.0 Å². The summed E-state index contributed by atoms with van der Waals surface area (Å²) in [6.07, 6.45) is -0.702. The summed E-state index contributed by atoms with van der Waals surface area (Å²) in [5, 5.41) is 30.1. The third-order valence-corrected chi connectivity index (χ3v) is 21.3. The van der Waals surface area contributed by atoms with Gasteiger partial charge >= 0.3 is 70.6 Å². The van der Waals surface area contributed by atoms with Crippen molar-refractivity contribution in [2.24, 2.45) is 23.7 Å². The zero-order valence-electron chi connectivity index (χ0n) is 51.0. The molecular weight excluding hydrogens is 1730 g/mol. The van der Waals surface area contributed by atoms with Crippen LogP contribution in [0.1, 0.15) is 72.0 Å². The van der Waals surface area contributed by atoms with Gasteiger partial charge in [0, 0.05) is 95.4 Å². The number of carbonyl (C=O) groups excluding carboxylic acids is 1. The van der Waals surface area contributed by atoms with E-state index in [2.05, 4.69) is 0 Å². The van der Waals surface area contributed by atoms with E-state index in [1.54, 1.807) is 74.5 Å². The smallest absolute Gasteiger partial charge is 2.00 e. The molecule has 0 bridgehead atoms. The molecule has 8 nitrogen and oxygen atoms in total. The first-order chi connectivity index (χ1) is 44.9. The summed E-state index contributed by atoms with van der Waals surface area (Å²) in [5.74, 6) is -6.40. The van der Waals surface area contributed by atoms with Gasteiger partial charge in [-0.3, -0.25) is 0 Å². The number of hydrogen-bond acceptors (Lipinski definition) is 12. The van der Waals surface area contributed by atoms with Gasteiger partial charge in [0.25, 0.3) is 0 Å². The molecule has 30 heteroatoms. The number of halogens is 16. The van der Waals surface area contributed by atoms with Crippen LogP contribution in [-0.4, -0.2) is 89.9 Å². The molecule has 0 spiro atoms. The SMILES string of the molecule is C.C.C[C@@H](O)[C@H]1COc2c(F)ccc(F)c2[C@@H]1Sc1ccc(Cl)cc1.C[C@H](O)[C@H]1COc2c(F)ccc(F)c2[C@@H]1Sc1ccc(Cl)cc1.O=C[C@H]1COc2c(F)ccc(F)c2[C@@H]1Sc1ccc(Cl)cc1.OC[C@H]1COc2c(F)ccc(F)c2[C@@H]1Sc1ccc(Cl)cc1.[Br-].[CH3-].[Cl][Ce]([Cl])[Cl].[Mg+2]. The Morgan fingerprint density at radius 3 is 0.939 bits per heavy atom.